The number of aldehydes is 1. The molecular weight excluding hydrogens is 260 g/mol. The van der Waals surface area contributed by atoms with Crippen LogP contribution in [-0.4, -0.2) is 44.9 Å². The van der Waals surface area contributed by atoms with Gasteiger partial charge in [-0.15, -0.1) is 0 Å². The maximum absolute atomic E-state index is 10.8. The first kappa shape index (κ1) is 14.4. The molecule has 3 nitrogen and oxygen atoms in total. The second-order valence-corrected chi connectivity index (χ2v) is 5.92. The van der Waals surface area contributed by atoms with Crippen LogP contribution in [0.2, 0.25) is 5.02 Å². The van der Waals surface area contributed by atoms with Crippen LogP contribution in [0.5, 0.6) is 0 Å². The van der Waals surface area contributed by atoms with E-state index in [1.54, 1.807) is 6.07 Å². The predicted octanol–water partition coefficient (Wildman–Crippen LogP) is 2.93. The molecule has 0 amide bonds. The molecule has 2 rings (SSSR count). The topological polar surface area (TPSA) is 23.6 Å². The number of halogens is 1. The van der Waals surface area contributed by atoms with Gasteiger partial charge in [0, 0.05) is 30.9 Å². The number of piperidine rings is 1. The fraction of sp³-hybridized carbons (Fsp3) is 0.533. The number of carbonyl (C=O) groups excluding carboxylic acids is 1. The summed E-state index contributed by atoms with van der Waals surface area (Å²) in [4.78, 5) is 15.4. The first-order valence-corrected chi connectivity index (χ1v) is 7.12. The van der Waals surface area contributed by atoms with Gasteiger partial charge in [-0.1, -0.05) is 11.6 Å². The van der Waals surface area contributed by atoms with Crippen LogP contribution in [0.25, 0.3) is 0 Å². The lowest BCUT2D eigenvalue weighted by atomic mass is 9.96. The fourth-order valence-corrected chi connectivity index (χ4v) is 2.92. The van der Waals surface area contributed by atoms with Crippen LogP contribution in [0.15, 0.2) is 18.2 Å². The molecule has 0 unspecified atom stereocenters. The Morgan fingerprint density at radius 1 is 1.37 bits per heavy atom. The van der Waals surface area contributed by atoms with Crippen LogP contribution in [0.4, 0.5) is 5.69 Å². The van der Waals surface area contributed by atoms with E-state index in [-0.39, 0.29) is 0 Å². The van der Waals surface area contributed by atoms with Crippen LogP contribution in [0.1, 0.15) is 23.2 Å². The molecule has 0 radical (unpaired) electrons. The Kier molecular flexibility index (Phi) is 4.83. The largest absolute Gasteiger partial charge is 0.371 e. The van der Waals surface area contributed by atoms with E-state index in [0.717, 1.165) is 31.0 Å². The molecule has 1 heterocycles. The lowest BCUT2D eigenvalue weighted by molar-refractivity contribution is 0.112. The minimum Gasteiger partial charge on any atom is -0.371 e. The van der Waals surface area contributed by atoms with Gasteiger partial charge in [0.25, 0.3) is 0 Å². The van der Waals surface area contributed by atoms with Crippen molar-refractivity contribution >= 4 is 23.6 Å². The van der Waals surface area contributed by atoms with E-state index in [1.165, 1.54) is 19.4 Å². The number of hydrogen-bond acceptors (Lipinski definition) is 3. The van der Waals surface area contributed by atoms with E-state index in [9.17, 15) is 4.79 Å². The number of anilines is 1. The highest BCUT2D eigenvalue weighted by Gasteiger charge is 2.20. The van der Waals surface area contributed by atoms with E-state index >= 15 is 0 Å². The fourth-order valence-electron chi connectivity index (χ4n) is 2.70. The van der Waals surface area contributed by atoms with Gasteiger partial charge in [0.1, 0.15) is 0 Å². The van der Waals surface area contributed by atoms with E-state index < -0.39 is 0 Å². The second-order valence-electron chi connectivity index (χ2n) is 5.52. The van der Waals surface area contributed by atoms with Crippen LogP contribution in [-0.2, 0) is 0 Å². The minimum atomic E-state index is 0.544. The van der Waals surface area contributed by atoms with Gasteiger partial charge in [0.15, 0.2) is 6.29 Å². The molecule has 104 valence electrons. The molecule has 1 aromatic carbocycles. The summed E-state index contributed by atoms with van der Waals surface area (Å²) in [6.07, 6.45) is 3.23. The molecule has 4 heteroatoms. The van der Waals surface area contributed by atoms with Gasteiger partial charge in [0.05, 0.1) is 5.02 Å². The maximum Gasteiger partial charge on any atom is 0.151 e. The standard InChI is InChI=1S/C15H21ClN2O/c1-17(2)10-12-5-7-18(8-6-12)14-4-3-13(11-19)15(16)9-14/h3-4,9,11-12H,5-8,10H2,1-2H3. The predicted molar refractivity (Wildman–Crippen MR) is 80.3 cm³/mol. The van der Waals surface area contributed by atoms with Crippen molar-refractivity contribution in [3.8, 4) is 0 Å². The number of carbonyl (C=O) groups is 1. The molecule has 0 aliphatic carbocycles. The summed E-state index contributed by atoms with van der Waals surface area (Å²) in [7, 11) is 4.26. The van der Waals surface area contributed by atoms with Gasteiger partial charge in [-0.2, -0.15) is 0 Å². The van der Waals surface area contributed by atoms with Crippen molar-refractivity contribution < 1.29 is 4.79 Å². The van der Waals surface area contributed by atoms with Crippen LogP contribution in [0.3, 0.4) is 0 Å². The molecule has 0 N–H and O–H groups in total. The normalized spacial score (nSPS) is 16.9. The summed E-state index contributed by atoms with van der Waals surface area (Å²) >= 11 is 6.08. The molecule has 1 aromatic rings. The molecule has 1 fully saturated rings. The van der Waals surface area contributed by atoms with Crippen molar-refractivity contribution in [3.63, 3.8) is 0 Å². The number of nitrogens with zero attached hydrogens (tertiary/aromatic N) is 2. The van der Waals surface area contributed by atoms with Gasteiger partial charge < -0.3 is 9.80 Å². The van der Waals surface area contributed by atoms with E-state index in [1.807, 2.05) is 12.1 Å². The van der Waals surface area contributed by atoms with Gasteiger partial charge in [-0.3, -0.25) is 4.79 Å². The van der Waals surface area contributed by atoms with Gasteiger partial charge >= 0.3 is 0 Å². The molecule has 19 heavy (non-hydrogen) atoms. The molecule has 1 aliphatic rings. The van der Waals surface area contributed by atoms with Crippen molar-refractivity contribution in [1.29, 1.82) is 0 Å². The first-order chi connectivity index (χ1) is 9.10. The molecule has 0 saturated carbocycles. The first-order valence-electron chi connectivity index (χ1n) is 6.74. The average Bonchev–Trinajstić information content (AvgIpc) is 2.39. The van der Waals surface area contributed by atoms with Crippen molar-refractivity contribution in [1.82, 2.24) is 4.90 Å². The highest BCUT2D eigenvalue weighted by molar-refractivity contribution is 6.33. The van der Waals surface area contributed by atoms with Gasteiger partial charge in [-0.25, -0.2) is 0 Å². The third-order valence-electron chi connectivity index (χ3n) is 3.71. The molecule has 1 aliphatic heterocycles. The monoisotopic (exact) mass is 280 g/mol. The highest BCUT2D eigenvalue weighted by Crippen LogP contribution is 2.27. The smallest absolute Gasteiger partial charge is 0.151 e. The lowest BCUT2D eigenvalue weighted by Crippen LogP contribution is -2.37. The van der Waals surface area contributed by atoms with E-state index in [2.05, 4.69) is 23.9 Å². The summed E-state index contributed by atoms with van der Waals surface area (Å²) < 4.78 is 0. The second kappa shape index (κ2) is 6.40. The third-order valence-corrected chi connectivity index (χ3v) is 4.04. The third kappa shape index (κ3) is 3.71. The summed E-state index contributed by atoms with van der Waals surface area (Å²) in [5.41, 5.74) is 1.69. The average molecular weight is 281 g/mol. The van der Waals surface area contributed by atoms with Crippen molar-refractivity contribution in [2.24, 2.45) is 5.92 Å². The van der Waals surface area contributed by atoms with Crippen molar-refractivity contribution in [2.75, 3.05) is 38.6 Å². The Labute approximate surface area is 120 Å². The molecule has 1 saturated heterocycles. The van der Waals surface area contributed by atoms with Gasteiger partial charge in [-0.05, 0) is 51.1 Å². The minimum absolute atomic E-state index is 0.544. The number of benzene rings is 1. The quantitative estimate of drug-likeness (QED) is 0.793. The summed E-state index contributed by atoms with van der Waals surface area (Å²) in [5, 5.41) is 0.544. The maximum atomic E-state index is 10.8. The Morgan fingerprint density at radius 2 is 2.05 bits per heavy atom. The Hall–Kier alpha value is -1.06. The molecule has 0 bridgehead atoms. The summed E-state index contributed by atoms with van der Waals surface area (Å²) in [5.74, 6) is 0.788. The van der Waals surface area contributed by atoms with Gasteiger partial charge in [0.2, 0.25) is 0 Å². The highest BCUT2D eigenvalue weighted by atomic mass is 35.5. The van der Waals surface area contributed by atoms with E-state index in [4.69, 9.17) is 11.6 Å². The molecule has 0 atom stereocenters. The molecular formula is C15H21ClN2O. The molecule has 0 spiro atoms. The lowest BCUT2D eigenvalue weighted by Gasteiger charge is -2.34. The number of rotatable bonds is 4. The zero-order valence-corrected chi connectivity index (χ0v) is 12.4. The summed E-state index contributed by atoms with van der Waals surface area (Å²) in [6, 6.07) is 5.69. The zero-order valence-electron chi connectivity index (χ0n) is 11.6. The number of hydrogen-bond donors (Lipinski definition) is 0. The summed E-state index contributed by atoms with van der Waals surface area (Å²) in [6.45, 7) is 3.29. The Bertz CT molecular complexity index is 440. The van der Waals surface area contributed by atoms with E-state index in [0.29, 0.717) is 10.6 Å². The Morgan fingerprint density at radius 3 is 2.58 bits per heavy atom. The van der Waals surface area contributed by atoms with Crippen LogP contribution in [0, 0.1) is 5.92 Å². The van der Waals surface area contributed by atoms with Crippen LogP contribution >= 0.6 is 11.6 Å². The molecule has 0 aromatic heterocycles. The zero-order chi connectivity index (χ0) is 13.8. The van der Waals surface area contributed by atoms with Crippen molar-refractivity contribution in [3.05, 3.63) is 28.8 Å². The Balaban J connectivity index is 1.97. The van der Waals surface area contributed by atoms with Crippen LogP contribution < -0.4 is 4.90 Å². The SMILES string of the molecule is CN(C)CC1CCN(c2ccc(C=O)c(Cl)c2)CC1. The van der Waals surface area contributed by atoms with Crippen molar-refractivity contribution in [2.45, 2.75) is 12.8 Å².